The average Bonchev–Trinajstić information content (AvgIpc) is 3.14. The van der Waals surface area contributed by atoms with E-state index in [2.05, 4.69) is 53.5 Å². The van der Waals surface area contributed by atoms with Gasteiger partial charge in [-0.15, -0.1) is 0 Å². The average molecular weight is 365 g/mol. The fraction of sp³-hybridized carbons (Fsp3) is 0. The number of para-hydroxylation sites is 2. The smallest absolute Gasteiger partial charge is 0.423 e. The van der Waals surface area contributed by atoms with E-state index in [0.29, 0.717) is 5.46 Å². The van der Waals surface area contributed by atoms with Crippen molar-refractivity contribution in [3.63, 3.8) is 0 Å². The van der Waals surface area contributed by atoms with Gasteiger partial charge in [-0.1, -0.05) is 97.1 Å². The maximum atomic E-state index is 9.28. The van der Waals surface area contributed by atoms with Gasteiger partial charge in [0, 0.05) is 27.3 Å². The maximum Gasteiger partial charge on any atom is 0.490 e. The quantitative estimate of drug-likeness (QED) is 0.407. The summed E-state index contributed by atoms with van der Waals surface area (Å²) in [6.07, 6.45) is 0. The number of hydrogen-bond donors (Lipinski definition) is 3. The highest BCUT2D eigenvalue weighted by atomic mass is 16.4. The number of benzene rings is 4. The zero-order valence-electron chi connectivity index (χ0n) is 15.3. The van der Waals surface area contributed by atoms with Crippen LogP contribution in [-0.4, -0.2) is 22.2 Å². The molecule has 0 saturated heterocycles. The van der Waals surface area contributed by atoms with Crippen molar-refractivity contribution < 1.29 is 10.0 Å². The van der Waals surface area contributed by atoms with Crippen LogP contribution in [0.3, 0.4) is 0 Å². The number of hydrogen-bond acceptors (Lipinski definition) is 2. The molecule has 0 bridgehead atoms. The molecule has 0 spiro atoms. The topological polar surface area (TPSA) is 56.2 Å². The third-order valence-electron chi connectivity index (χ3n) is 4.73. The summed E-state index contributed by atoms with van der Waals surface area (Å²) in [5.41, 5.74) is 4.86. The predicted octanol–water partition coefficient (Wildman–Crippen LogP) is 4.35. The van der Waals surface area contributed by atoms with Crippen molar-refractivity contribution in [3.8, 4) is 11.1 Å². The lowest BCUT2D eigenvalue weighted by Gasteiger charge is -2.00. The van der Waals surface area contributed by atoms with Gasteiger partial charge in [-0.05, 0) is 17.2 Å². The summed E-state index contributed by atoms with van der Waals surface area (Å²) in [7, 11) is -1.45. The molecule has 0 radical (unpaired) electrons. The number of nitrogens with one attached hydrogen (secondary N) is 1. The highest BCUT2D eigenvalue weighted by Crippen LogP contribution is 2.23. The van der Waals surface area contributed by atoms with E-state index in [1.54, 1.807) is 6.07 Å². The van der Waals surface area contributed by atoms with E-state index >= 15 is 0 Å². The monoisotopic (exact) mass is 365 g/mol. The summed E-state index contributed by atoms with van der Waals surface area (Å²) in [4.78, 5) is 3.21. The molecule has 0 fully saturated rings. The SMILES string of the molecule is OB(O)c1cccc2c1[nH]c1ccccc12.c1ccc(-c2ccccc2)cc1. The zero-order valence-corrected chi connectivity index (χ0v) is 15.3. The van der Waals surface area contributed by atoms with Crippen molar-refractivity contribution in [2.24, 2.45) is 0 Å². The normalized spacial score (nSPS) is 10.5. The van der Waals surface area contributed by atoms with Crippen molar-refractivity contribution in [2.75, 3.05) is 0 Å². The summed E-state index contributed by atoms with van der Waals surface area (Å²) in [5, 5.41) is 20.7. The second-order valence-electron chi connectivity index (χ2n) is 6.55. The Morgan fingerprint density at radius 1 is 0.536 bits per heavy atom. The number of rotatable bonds is 2. The Balaban J connectivity index is 0.000000143. The molecule has 0 saturated carbocycles. The molecule has 0 amide bonds. The summed E-state index contributed by atoms with van der Waals surface area (Å²) in [6, 6.07) is 34.2. The number of fused-ring (bicyclic) bond motifs is 3. The first-order valence-corrected chi connectivity index (χ1v) is 9.20. The van der Waals surface area contributed by atoms with Crippen molar-refractivity contribution >= 4 is 34.4 Å². The lowest BCUT2D eigenvalue weighted by Crippen LogP contribution is -2.30. The fourth-order valence-corrected chi connectivity index (χ4v) is 3.37. The Morgan fingerprint density at radius 2 is 1.07 bits per heavy atom. The van der Waals surface area contributed by atoms with Gasteiger partial charge in [0.05, 0.1) is 0 Å². The number of H-pyrrole nitrogens is 1. The molecule has 136 valence electrons. The van der Waals surface area contributed by atoms with E-state index in [0.717, 1.165) is 21.8 Å². The van der Waals surface area contributed by atoms with Gasteiger partial charge >= 0.3 is 7.12 Å². The van der Waals surface area contributed by atoms with Crippen LogP contribution in [0.1, 0.15) is 0 Å². The molecule has 28 heavy (non-hydrogen) atoms. The molecule has 0 aliphatic carbocycles. The van der Waals surface area contributed by atoms with E-state index < -0.39 is 7.12 Å². The Kier molecular flexibility index (Phi) is 5.24. The first kappa shape index (κ1) is 18.0. The van der Waals surface area contributed by atoms with Crippen LogP contribution < -0.4 is 5.46 Å². The van der Waals surface area contributed by atoms with E-state index in [1.807, 2.05) is 48.5 Å². The third kappa shape index (κ3) is 3.69. The molecule has 0 aliphatic rings. The molecule has 0 aliphatic heterocycles. The van der Waals surface area contributed by atoms with Gasteiger partial charge in [-0.3, -0.25) is 0 Å². The van der Waals surface area contributed by atoms with Gasteiger partial charge in [-0.25, -0.2) is 0 Å². The first-order valence-electron chi connectivity index (χ1n) is 9.20. The molecule has 0 unspecified atom stereocenters. The fourth-order valence-electron chi connectivity index (χ4n) is 3.37. The Hall–Kier alpha value is -3.34. The second kappa shape index (κ2) is 8.13. The van der Waals surface area contributed by atoms with E-state index in [-0.39, 0.29) is 0 Å². The highest BCUT2D eigenvalue weighted by Gasteiger charge is 2.16. The molecule has 5 rings (SSSR count). The first-order chi connectivity index (χ1) is 13.7. The molecule has 1 heterocycles. The van der Waals surface area contributed by atoms with Gasteiger partial charge in [0.2, 0.25) is 0 Å². The molecular weight excluding hydrogens is 345 g/mol. The molecule has 4 heteroatoms. The minimum atomic E-state index is -1.45. The molecule has 3 N–H and O–H groups in total. The number of aromatic amines is 1. The van der Waals surface area contributed by atoms with E-state index in [4.69, 9.17) is 0 Å². The minimum absolute atomic E-state index is 0.508. The number of aromatic nitrogens is 1. The van der Waals surface area contributed by atoms with Crippen molar-refractivity contribution in [3.05, 3.63) is 103 Å². The molecule has 5 aromatic rings. The summed E-state index contributed by atoms with van der Waals surface area (Å²) in [6.45, 7) is 0. The van der Waals surface area contributed by atoms with Crippen LogP contribution in [0.15, 0.2) is 103 Å². The molecule has 3 nitrogen and oxygen atoms in total. The standard InChI is InChI=1S/C12H10BNO2.C12H10/c15-13(16)10-6-3-5-9-8-4-1-2-7-11(8)14-12(9)10;1-3-7-11(8-4-1)12-9-5-2-6-10-12/h1-7,14-16H;1-10H. The maximum absolute atomic E-state index is 9.28. The van der Waals surface area contributed by atoms with Gasteiger partial charge in [0.15, 0.2) is 0 Å². The Labute approximate surface area is 164 Å². The molecule has 4 aromatic carbocycles. The predicted molar refractivity (Wildman–Crippen MR) is 118 cm³/mol. The molecule has 1 aromatic heterocycles. The Morgan fingerprint density at radius 3 is 1.68 bits per heavy atom. The Bertz CT molecular complexity index is 1150. The van der Waals surface area contributed by atoms with Crippen LogP contribution >= 0.6 is 0 Å². The van der Waals surface area contributed by atoms with E-state index in [9.17, 15) is 10.0 Å². The van der Waals surface area contributed by atoms with Crippen molar-refractivity contribution in [1.29, 1.82) is 0 Å². The zero-order chi connectivity index (χ0) is 19.3. The second-order valence-corrected chi connectivity index (χ2v) is 6.55. The van der Waals surface area contributed by atoms with Gasteiger partial charge in [0.1, 0.15) is 0 Å². The van der Waals surface area contributed by atoms with Gasteiger partial charge in [0.25, 0.3) is 0 Å². The van der Waals surface area contributed by atoms with Crippen LogP contribution in [0.2, 0.25) is 0 Å². The van der Waals surface area contributed by atoms with E-state index in [1.165, 1.54) is 11.1 Å². The molecular formula is C24H20BNO2. The third-order valence-corrected chi connectivity index (χ3v) is 4.73. The van der Waals surface area contributed by atoms with Crippen molar-refractivity contribution in [2.45, 2.75) is 0 Å². The van der Waals surface area contributed by atoms with Gasteiger partial charge < -0.3 is 15.0 Å². The lowest BCUT2D eigenvalue weighted by molar-refractivity contribution is 0.426. The van der Waals surface area contributed by atoms with Crippen LogP contribution in [0.25, 0.3) is 32.9 Å². The molecule has 0 atom stereocenters. The summed E-state index contributed by atoms with van der Waals surface area (Å²) >= 11 is 0. The van der Waals surface area contributed by atoms with Gasteiger partial charge in [-0.2, -0.15) is 0 Å². The van der Waals surface area contributed by atoms with Crippen LogP contribution in [0.4, 0.5) is 0 Å². The lowest BCUT2D eigenvalue weighted by atomic mass is 9.79. The van der Waals surface area contributed by atoms with Crippen LogP contribution in [-0.2, 0) is 0 Å². The largest absolute Gasteiger partial charge is 0.490 e. The minimum Gasteiger partial charge on any atom is -0.423 e. The van der Waals surface area contributed by atoms with Crippen LogP contribution in [0, 0.1) is 0 Å². The highest BCUT2D eigenvalue weighted by molar-refractivity contribution is 6.62. The van der Waals surface area contributed by atoms with Crippen molar-refractivity contribution in [1.82, 2.24) is 4.98 Å². The van der Waals surface area contributed by atoms with Crippen LogP contribution in [0.5, 0.6) is 0 Å². The summed E-state index contributed by atoms with van der Waals surface area (Å²) < 4.78 is 0. The summed E-state index contributed by atoms with van der Waals surface area (Å²) in [5.74, 6) is 0.